The van der Waals surface area contributed by atoms with Crippen molar-refractivity contribution in [3.63, 3.8) is 0 Å². The number of carbonyl (C=O) groups excluding carboxylic acids is 1. The van der Waals surface area contributed by atoms with Crippen molar-refractivity contribution in [2.45, 2.75) is 18.9 Å². The summed E-state index contributed by atoms with van der Waals surface area (Å²) in [5.41, 5.74) is 0. The lowest BCUT2D eigenvalue weighted by molar-refractivity contribution is 0.170. The van der Waals surface area contributed by atoms with Gasteiger partial charge in [-0.1, -0.05) is 0 Å². The van der Waals surface area contributed by atoms with Gasteiger partial charge in [-0.05, 0) is 19.4 Å². The van der Waals surface area contributed by atoms with Crippen molar-refractivity contribution in [3.8, 4) is 0 Å². The molecule has 1 aliphatic heterocycles. The molecule has 64 valence electrons. The fraction of sp³-hybridized carbons (Fsp3) is 0.857. The Kier molecular flexibility index (Phi) is 3.16. The van der Waals surface area contributed by atoms with Crippen LogP contribution in [0.1, 0.15) is 12.8 Å². The molecule has 1 aliphatic rings. The Labute approximate surface area is 66.3 Å². The molecule has 4 heteroatoms. The minimum Gasteiger partial charge on any atom is -0.453 e. The summed E-state index contributed by atoms with van der Waals surface area (Å²) in [5.74, 6) is 0. The number of alkyl carbamates (subject to hydrolysis) is 1. The normalized spacial score (nSPS) is 22.1. The molecule has 1 atom stereocenters. The molecule has 1 saturated heterocycles. The molecule has 0 radical (unpaired) electrons. The Morgan fingerprint density at radius 1 is 1.82 bits per heavy atom. The highest BCUT2D eigenvalue weighted by molar-refractivity contribution is 5.66. The van der Waals surface area contributed by atoms with Crippen LogP contribution in [0.4, 0.5) is 4.79 Å². The van der Waals surface area contributed by atoms with E-state index < -0.39 is 0 Å². The second-order valence-corrected chi connectivity index (χ2v) is 2.65. The molecule has 1 amide bonds. The second kappa shape index (κ2) is 4.18. The number of amides is 1. The third-order valence-electron chi connectivity index (χ3n) is 1.87. The number of nitrogens with one attached hydrogen (secondary N) is 2. The van der Waals surface area contributed by atoms with Gasteiger partial charge in [-0.3, -0.25) is 0 Å². The van der Waals surface area contributed by atoms with Crippen LogP contribution in [-0.2, 0) is 4.74 Å². The number of carbonyl (C=O) groups is 1. The highest BCUT2D eigenvalue weighted by Crippen LogP contribution is 2.04. The zero-order valence-corrected chi connectivity index (χ0v) is 6.72. The maximum Gasteiger partial charge on any atom is 0.406 e. The molecule has 0 aromatic heterocycles. The van der Waals surface area contributed by atoms with Gasteiger partial charge in [-0.15, -0.1) is 0 Å². The van der Waals surface area contributed by atoms with Crippen LogP contribution in [0.25, 0.3) is 0 Å². The van der Waals surface area contributed by atoms with Gasteiger partial charge in [0.25, 0.3) is 0 Å². The van der Waals surface area contributed by atoms with Gasteiger partial charge in [-0.25, -0.2) is 4.79 Å². The van der Waals surface area contributed by atoms with Crippen LogP contribution < -0.4 is 10.6 Å². The third kappa shape index (κ3) is 2.76. The molecule has 11 heavy (non-hydrogen) atoms. The average molecular weight is 158 g/mol. The molecular formula is C7H14N2O2. The summed E-state index contributed by atoms with van der Waals surface area (Å²) >= 11 is 0. The summed E-state index contributed by atoms with van der Waals surface area (Å²) in [6.45, 7) is 1.81. The molecular weight excluding hydrogens is 144 g/mol. The van der Waals surface area contributed by atoms with E-state index in [1.54, 1.807) is 0 Å². The smallest absolute Gasteiger partial charge is 0.406 e. The quantitative estimate of drug-likeness (QED) is 0.612. The molecule has 0 aromatic rings. The van der Waals surface area contributed by atoms with Crippen LogP contribution in [0, 0.1) is 0 Å². The number of rotatable bonds is 3. The lowest BCUT2D eigenvalue weighted by Crippen LogP contribution is -2.44. The molecule has 0 spiro atoms. The molecule has 0 bridgehead atoms. The van der Waals surface area contributed by atoms with E-state index >= 15 is 0 Å². The van der Waals surface area contributed by atoms with Crippen molar-refractivity contribution in [2.75, 3.05) is 20.2 Å². The van der Waals surface area contributed by atoms with Gasteiger partial charge in [0.05, 0.1) is 7.11 Å². The van der Waals surface area contributed by atoms with E-state index in [9.17, 15) is 4.79 Å². The molecule has 1 fully saturated rings. The predicted octanol–water partition coefficient (Wildman–Crippen LogP) is 0.0944. The summed E-state index contributed by atoms with van der Waals surface area (Å²) in [7, 11) is 1.37. The van der Waals surface area contributed by atoms with Crippen LogP contribution in [0.2, 0.25) is 0 Å². The molecule has 0 aliphatic carbocycles. The summed E-state index contributed by atoms with van der Waals surface area (Å²) < 4.78 is 4.41. The van der Waals surface area contributed by atoms with Crippen molar-refractivity contribution in [1.82, 2.24) is 10.6 Å². The first-order valence-electron chi connectivity index (χ1n) is 3.88. The number of hydrogen-bond donors (Lipinski definition) is 2. The van der Waals surface area contributed by atoms with Crippen molar-refractivity contribution >= 4 is 6.09 Å². The lowest BCUT2D eigenvalue weighted by Gasteiger charge is -2.27. The van der Waals surface area contributed by atoms with E-state index in [1.165, 1.54) is 13.5 Å². The maximum absolute atomic E-state index is 10.5. The monoisotopic (exact) mass is 158 g/mol. The highest BCUT2D eigenvalue weighted by atomic mass is 16.5. The molecule has 0 aromatic carbocycles. The minimum atomic E-state index is -0.343. The zero-order chi connectivity index (χ0) is 8.10. The van der Waals surface area contributed by atoms with Crippen LogP contribution in [0.3, 0.4) is 0 Å². The molecule has 2 N–H and O–H groups in total. The average Bonchev–Trinajstić information content (AvgIpc) is 1.94. The summed E-state index contributed by atoms with van der Waals surface area (Å²) in [4.78, 5) is 10.5. The van der Waals surface area contributed by atoms with Crippen LogP contribution in [0.15, 0.2) is 0 Å². The first-order valence-corrected chi connectivity index (χ1v) is 3.88. The van der Waals surface area contributed by atoms with E-state index in [1.807, 2.05) is 0 Å². The fourth-order valence-electron chi connectivity index (χ4n) is 1.02. The number of ether oxygens (including phenoxy) is 1. The van der Waals surface area contributed by atoms with Crippen molar-refractivity contribution in [2.24, 2.45) is 0 Å². The van der Waals surface area contributed by atoms with Gasteiger partial charge in [0.15, 0.2) is 0 Å². The Morgan fingerprint density at radius 2 is 2.55 bits per heavy atom. The molecule has 1 heterocycles. The molecule has 1 unspecified atom stereocenters. The lowest BCUT2D eigenvalue weighted by atomic mass is 10.0. The van der Waals surface area contributed by atoms with Crippen molar-refractivity contribution < 1.29 is 9.53 Å². The van der Waals surface area contributed by atoms with E-state index in [2.05, 4.69) is 15.4 Å². The second-order valence-electron chi connectivity index (χ2n) is 2.65. The van der Waals surface area contributed by atoms with Crippen molar-refractivity contribution in [1.29, 1.82) is 0 Å². The van der Waals surface area contributed by atoms with E-state index in [4.69, 9.17) is 0 Å². The third-order valence-corrected chi connectivity index (χ3v) is 1.87. The van der Waals surface area contributed by atoms with Gasteiger partial charge in [0.2, 0.25) is 0 Å². The molecule has 4 nitrogen and oxygen atoms in total. The largest absolute Gasteiger partial charge is 0.453 e. The van der Waals surface area contributed by atoms with Gasteiger partial charge < -0.3 is 15.4 Å². The summed E-state index contributed by atoms with van der Waals surface area (Å²) in [6.07, 6.45) is 1.88. The summed E-state index contributed by atoms with van der Waals surface area (Å²) in [5, 5.41) is 5.88. The molecule has 0 saturated carbocycles. The SMILES string of the molecule is COC(=O)NCCC1CCN1. The van der Waals surface area contributed by atoms with E-state index in [0.29, 0.717) is 12.6 Å². The Bertz CT molecular complexity index is 134. The standard InChI is InChI=1S/C7H14N2O2/c1-11-7(10)9-5-3-6-2-4-8-6/h6,8H,2-5H2,1H3,(H,9,10). The number of methoxy groups -OCH3 is 1. The Balaban J connectivity index is 1.90. The Morgan fingerprint density at radius 3 is 3.00 bits per heavy atom. The van der Waals surface area contributed by atoms with Gasteiger partial charge >= 0.3 is 6.09 Å². The minimum absolute atomic E-state index is 0.343. The fourth-order valence-corrected chi connectivity index (χ4v) is 1.02. The van der Waals surface area contributed by atoms with Gasteiger partial charge in [-0.2, -0.15) is 0 Å². The summed E-state index contributed by atoms with van der Waals surface area (Å²) in [6, 6.07) is 0.604. The van der Waals surface area contributed by atoms with E-state index in [-0.39, 0.29) is 6.09 Å². The highest BCUT2D eigenvalue weighted by Gasteiger charge is 2.15. The number of hydrogen-bond acceptors (Lipinski definition) is 3. The van der Waals surface area contributed by atoms with Crippen molar-refractivity contribution in [3.05, 3.63) is 0 Å². The van der Waals surface area contributed by atoms with Gasteiger partial charge in [0, 0.05) is 12.6 Å². The topological polar surface area (TPSA) is 50.4 Å². The first-order chi connectivity index (χ1) is 5.33. The maximum atomic E-state index is 10.5. The van der Waals surface area contributed by atoms with Crippen LogP contribution >= 0.6 is 0 Å². The zero-order valence-electron chi connectivity index (χ0n) is 6.72. The Hall–Kier alpha value is -0.770. The van der Waals surface area contributed by atoms with E-state index in [0.717, 1.165) is 13.0 Å². The predicted molar refractivity (Wildman–Crippen MR) is 41.4 cm³/mol. The van der Waals surface area contributed by atoms with Crippen LogP contribution in [0.5, 0.6) is 0 Å². The first kappa shape index (κ1) is 8.33. The van der Waals surface area contributed by atoms with Crippen LogP contribution in [-0.4, -0.2) is 32.3 Å². The van der Waals surface area contributed by atoms with Gasteiger partial charge in [0.1, 0.15) is 0 Å². The molecule has 1 rings (SSSR count).